The number of aromatic hydroxyl groups is 2. The maximum absolute atomic E-state index is 14.0. The number of nitrogens with zero attached hydrogens (tertiary/aromatic N) is 3. The van der Waals surface area contributed by atoms with Gasteiger partial charge in [-0.25, -0.2) is 4.79 Å². The van der Waals surface area contributed by atoms with E-state index in [0.717, 1.165) is 5.56 Å². The Morgan fingerprint density at radius 3 is 2.11 bits per heavy atom. The highest BCUT2D eigenvalue weighted by Crippen LogP contribution is 2.58. The summed E-state index contributed by atoms with van der Waals surface area (Å²) in [5.74, 6) is 1.20. The Morgan fingerprint density at radius 1 is 0.893 bits per heavy atom. The fraction of sp³-hybridized carbons (Fsp3) is 0.439. The van der Waals surface area contributed by atoms with E-state index in [1.165, 1.54) is 27.4 Å². The molecule has 4 heterocycles. The van der Waals surface area contributed by atoms with Gasteiger partial charge in [-0.15, -0.1) is 0 Å². The lowest BCUT2D eigenvalue weighted by Gasteiger charge is -2.60. The smallest absolute Gasteiger partial charge is 0.349 e. The molecule has 0 spiro atoms. The summed E-state index contributed by atoms with van der Waals surface area (Å²) in [5.41, 5.74) is 2.94. The van der Waals surface area contributed by atoms with Crippen LogP contribution in [-0.2, 0) is 17.6 Å². The largest absolute Gasteiger partial charge is 0.504 e. The Balaban J connectivity index is 1.36. The summed E-state index contributed by atoms with van der Waals surface area (Å²) < 4.78 is 39.6. The quantitative estimate of drug-likeness (QED) is 0.146. The van der Waals surface area contributed by atoms with Gasteiger partial charge in [0.1, 0.15) is 41.0 Å². The second kappa shape index (κ2) is 15.1. The molecule has 0 radical (unpaired) electrons. The SMILES string of the molecule is COCCOc1ccc2oc(=O)c(C(=O)NC[C@H]3c4c(O)c(OC)c(C)c(OC)c4C[C@H]4[C@H]5c6c(O)c(OC)c(C)c(OC)c6C[C@@H]([C@H](C#N)N34)N5C)cc2c1. The number of nitriles is 1. The van der Waals surface area contributed by atoms with Crippen molar-refractivity contribution in [3.8, 4) is 46.3 Å². The van der Waals surface area contributed by atoms with E-state index in [4.69, 9.17) is 32.8 Å². The van der Waals surface area contributed by atoms with Crippen molar-refractivity contribution in [3.63, 3.8) is 0 Å². The van der Waals surface area contributed by atoms with Gasteiger partial charge in [0, 0.05) is 64.5 Å². The lowest BCUT2D eigenvalue weighted by molar-refractivity contribution is -0.0724. The van der Waals surface area contributed by atoms with E-state index >= 15 is 0 Å². The van der Waals surface area contributed by atoms with Gasteiger partial charge in [-0.1, -0.05) is 0 Å². The third-order valence-electron chi connectivity index (χ3n) is 11.6. The number of carbonyl (C=O) groups excluding carboxylic acids is 1. The number of hydrogen-bond acceptors (Lipinski definition) is 14. The van der Waals surface area contributed by atoms with E-state index in [1.807, 2.05) is 18.9 Å². The third-order valence-corrected chi connectivity index (χ3v) is 11.6. The molecule has 3 aromatic carbocycles. The Hall–Kier alpha value is -5.69. The van der Waals surface area contributed by atoms with Crippen LogP contribution in [0.1, 0.15) is 55.8 Å². The molecule has 5 atom stereocenters. The molecule has 1 aromatic heterocycles. The summed E-state index contributed by atoms with van der Waals surface area (Å²) in [6.07, 6.45) is 0.654. The molecule has 1 amide bonds. The van der Waals surface area contributed by atoms with Gasteiger partial charge in [0.25, 0.3) is 5.91 Å². The molecule has 56 heavy (non-hydrogen) atoms. The first-order chi connectivity index (χ1) is 26.9. The zero-order chi connectivity index (χ0) is 40.2. The molecule has 2 bridgehead atoms. The predicted molar refractivity (Wildman–Crippen MR) is 204 cm³/mol. The Morgan fingerprint density at radius 2 is 1.50 bits per heavy atom. The molecule has 3 aliphatic rings. The lowest BCUT2D eigenvalue weighted by Crippen LogP contribution is -2.68. The number of carbonyl (C=O) groups is 1. The molecule has 15 nitrogen and oxygen atoms in total. The van der Waals surface area contributed by atoms with Crippen LogP contribution >= 0.6 is 0 Å². The zero-order valence-electron chi connectivity index (χ0n) is 32.6. The second-order valence-corrected chi connectivity index (χ2v) is 14.3. The molecule has 7 rings (SSSR count). The first-order valence-corrected chi connectivity index (χ1v) is 18.2. The molecule has 1 fully saturated rings. The predicted octanol–water partition coefficient (Wildman–Crippen LogP) is 4.08. The van der Waals surface area contributed by atoms with Crippen LogP contribution in [0.4, 0.5) is 0 Å². The van der Waals surface area contributed by atoms with Gasteiger partial charge in [0.05, 0.1) is 53.2 Å². The molecule has 3 aliphatic heterocycles. The van der Waals surface area contributed by atoms with Crippen LogP contribution in [0.5, 0.6) is 40.2 Å². The second-order valence-electron chi connectivity index (χ2n) is 14.3. The Kier molecular flexibility index (Phi) is 10.4. The van der Waals surface area contributed by atoms with Crippen molar-refractivity contribution in [3.05, 3.63) is 73.6 Å². The number of benzene rings is 3. The topological polar surface area (TPSA) is 185 Å². The van der Waals surface area contributed by atoms with Crippen LogP contribution in [-0.4, -0.2) is 106 Å². The van der Waals surface area contributed by atoms with Gasteiger partial charge in [-0.3, -0.25) is 14.6 Å². The minimum atomic E-state index is -0.832. The molecule has 0 saturated carbocycles. The minimum absolute atomic E-state index is 0.0156. The first kappa shape index (κ1) is 38.6. The highest BCUT2D eigenvalue weighted by molar-refractivity contribution is 5.96. The first-order valence-electron chi connectivity index (χ1n) is 18.2. The number of ether oxygens (including phenoxy) is 6. The molecule has 0 unspecified atom stereocenters. The molecular weight excluding hydrogens is 724 g/mol. The molecule has 15 heteroatoms. The monoisotopic (exact) mass is 770 g/mol. The summed E-state index contributed by atoms with van der Waals surface area (Å²) in [5, 5.41) is 38.2. The van der Waals surface area contributed by atoms with Crippen molar-refractivity contribution in [2.24, 2.45) is 0 Å². The number of nitrogens with one attached hydrogen (secondary N) is 1. The number of hydrogen-bond donors (Lipinski definition) is 3. The van der Waals surface area contributed by atoms with Crippen LogP contribution in [0.2, 0.25) is 0 Å². The summed E-state index contributed by atoms with van der Waals surface area (Å²) in [6.45, 7) is 4.16. The van der Waals surface area contributed by atoms with Crippen molar-refractivity contribution in [1.29, 1.82) is 5.26 Å². The number of likely N-dealkylation sites (N-methyl/N-ethyl adjacent to an activating group) is 1. The summed E-state index contributed by atoms with van der Waals surface area (Å²) >= 11 is 0. The summed E-state index contributed by atoms with van der Waals surface area (Å²) in [7, 11) is 9.56. The zero-order valence-corrected chi connectivity index (χ0v) is 32.6. The van der Waals surface area contributed by atoms with Gasteiger partial charge < -0.3 is 48.4 Å². The number of phenolic OH excluding ortho intramolecular Hbond substituents is 2. The number of methoxy groups -OCH3 is 5. The van der Waals surface area contributed by atoms with Gasteiger partial charge >= 0.3 is 5.63 Å². The number of phenols is 2. The van der Waals surface area contributed by atoms with Gasteiger partial charge in [-0.2, -0.15) is 5.26 Å². The minimum Gasteiger partial charge on any atom is -0.504 e. The van der Waals surface area contributed by atoms with Crippen molar-refractivity contribution >= 4 is 16.9 Å². The van der Waals surface area contributed by atoms with Crippen LogP contribution in [0.3, 0.4) is 0 Å². The van der Waals surface area contributed by atoms with Crippen molar-refractivity contribution < 1.29 is 47.8 Å². The van der Waals surface area contributed by atoms with Crippen LogP contribution in [0.15, 0.2) is 33.5 Å². The number of fused-ring (bicyclic) bond motifs is 8. The van der Waals surface area contributed by atoms with Gasteiger partial charge in [-0.05, 0) is 58.0 Å². The molecule has 1 saturated heterocycles. The molecule has 3 N–H and O–H groups in total. The van der Waals surface area contributed by atoms with Crippen molar-refractivity contribution in [2.75, 3.05) is 62.4 Å². The maximum Gasteiger partial charge on any atom is 0.349 e. The highest BCUT2D eigenvalue weighted by Gasteiger charge is 2.57. The molecular formula is C41H46N4O11. The summed E-state index contributed by atoms with van der Waals surface area (Å²) in [6, 6.07) is 5.95. The number of amides is 1. The van der Waals surface area contributed by atoms with E-state index in [1.54, 1.807) is 39.3 Å². The van der Waals surface area contributed by atoms with E-state index < -0.39 is 35.7 Å². The Bertz CT molecular complexity index is 2320. The van der Waals surface area contributed by atoms with Gasteiger partial charge in [0.15, 0.2) is 23.0 Å². The Labute approximate surface area is 323 Å². The van der Waals surface area contributed by atoms with E-state index in [0.29, 0.717) is 82.3 Å². The van der Waals surface area contributed by atoms with E-state index in [2.05, 4.69) is 16.3 Å². The molecule has 4 aromatic rings. The van der Waals surface area contributed by atoms with E-state index in [9.17, 15) is 25.1 Å². The van der Waals surface area contributed by atoms with Crippen molar-refractivity contribution in [1.82, 2.24) is 15.1 Å². The molecule has 296 valence electrons. The lowest BCUT2D eigenvalue weighted by atomic mass is 9.71. The summed E-state index contributed by atoms with van der Waals surface area (Å²) in [4.78, 5) is 31.3. The highest BCUT2D eigenvalue weighted by atomic mass is 16.5. The van der Waals surface area contributed by atoms with Gasteiger partial charge in [0.2, 0.25) is 0 Å². The van der Waals surface area contributed by atoms with E-state index in [-0.39, 0.29) is 41.0 Å². The number of rotatable bonds is 11. The fourth-order valence-corrected chi connectivity index (χ4v) is 9.29. The number of piperazine rings is 1. The third kappa shape index (κ3) is 5.91. The fourth-order valence-electron chi connectivity index (χ4n) is 9.29. The average Bonchev–Trinajstić information content (AvgIpc) is 3.17. The standard InChI is InChI=1S/C41H46N4O11/c1-19-36(51-5)23-16-27-33-32-24(37(52-6)20(2)39(54-8)35(32)47)15-26(44(33)3)28(17-42)45(27)29(31(23)34(46)38(19)53-7)18-43-40(48)25-14-21-13-22(55-12-11-50-4)9-10-30(21)56-41(25)49/h9-10,13-14,26-29,33,46-47H,11-12,15-16,18H2,1-8H3,(H,43,48)/t26-,27-,28-,29-,33-/m0/s1. The normalized spacial score (nSPS) is 21.3. The molecule has 0 aliphatic carbocycles. The maximum atomic E-state index is 14.0. The van der Waals surface area contributed by atoms with Crippen LogP contribution in [0, 0.1) is 25.2 Å². The van der Waals surface area contributed by atoms with Crippen molar-refractivity contribution in [2.45, 2.75) is 56.9 Å². The average molecular weight is 771 g/mol. The van der Waals surface area contributed by atoms with Crippen LogP contribution < -0.4 is 34.6 Å². The van der Waals surface area contributed by atoms with Crippen LogP contribution in [0.25, 0.3) is 11.0 Å².